The largest absolute Gasteiger partial charge is 0.673 e. The zero-order valence-corrected chi connectivity index (χ0v) is 9.55. The van der Waals surface area contributed by atoms with E-state index in [-0.39, 0.29) is 0 Å². The van der Waals surface area contributed by atoms with E-state index in [1.165, 1.54) is 18.5 Å². The lowest BCUT2D eigenvalue weighted by Crippen LogP contribution is -2.02. The molecule has 0 aliphatic carbocycles. The summed E-state index contributed by atoms with van der Waals surface area (Å²) in [5.74, 6) is 0. The van der Waals surface area contributed by atoms with E-state index < -0.39 is 14.5 Å². The van der Waals surface area contributed by atoms with Crippen LogP contribution in [0.25, 0.3) is 0 Å². The average molecular weight is 220 g/mol. The van der Waals surface area contributed by atoms with Crippen molar-refractivity contribution >= 4 is 14.5 Å². The Balaban J connectivity index is 0. The number of halogens is 4. The van der Waals surface area contributed by atoms with Gasteiger partial charge in [-0.1, -0.05) is 0 Å². The van der Waals surface area contributed by atoms with Crippen molar-refractivity contribution in [3.05, 3.63) is 0 Å². The molecule has 0 rings (SSSR count). The van der Waals surface area contributed by atoms with Crippen LogP contribution in [-0.4, -0.2) is 32.4 Å². The lowest BCUT2D eigenvalue weighted by molar-refractivity contribution is 0.368. The number of hydrogen-bond acceptors (Lipinski definition) is 0. The summed E-state index contributed by atoms with van der Waals surface area (Å²) in [5.41, 5.74) is 0. The van der Waals surface area contributed by atoms with Crippen LogP contribution in [-0.2, 0) is 0 Å². The highest BCUT2D eigenvalue weighted by molar-refractivity contribution is 7.75. The van der Waals surface area contributed by atoms with Gasteiger partial charge < -0.3 is 17.3 Å². The Labute approximate surface area is 78.5 Å². The van der Waals surface area contributed by atoms with Gasteiger partial charge in [0, 0.05) is 13.9 Å². The van der Waals surface area contributed by atoms with E-state index in [0.29, 0.717) is 0 Å². The van der Waals surface area contributed by atoms with Crippen molar-refractivity contribution in [1.29, 1.82) is 0 Å². The van der Waals surface area contributed by atoms with Crippen molar-refractivity contribution in [2.75, 3.05) is 25.2 Å². The summed E-state index contributed by atoms with van der Waals surface area (Å²) in [6, 6.07) is 0. The van der Waals surface area contributed by atoms with E-state index in [0.717, 1.165) is 0 Å². The lowest BCUT2D eigenvalue weighted by Gasteiger charge is -2.16. The van der Waals surface area contributed by atoms with Gasteiger partial charge in [0.2, 0.25) is 0 Å². The van der Waals surface area contributed by atoms with Crippen LogP contribution < -0.4 is 0 Å². The van der Waals surface area contributed by atoms with Gasteiger partial charge in [0.1, 0.15) is 0 Å². The smallest absolute Gasteiger partial charge is 0.418 e. The number of rotatable bonds is 3. The molecule has 0 radical (unpaired) electrons. The molecule has 0 heterocycles. The maximum absolute atomic E-state index is 9.75. The Bertz CT molecular complexity index is 108. The van der Waals surface area contributed by atoms with Gasteiger partial charge in [0.05, 0.1) is 18.5 Å². The molecule has 0 saturated heterocycles. The maximum atomic E-state index is 9.75. The second kappa shape index (κ2) is 6.64. The summed E-state index contributed by atoms with van der Waals surface area (Å²) in [6.07, 6.45) is 4.29. The summed E-state index contributed by atoms with van der Waals surface area (Å²) in [5, 5.41) is 0. The topological polar surface area (TPSA) is 0 Å². The minimum Gasteiger partial charge on any atom is -0.418 e. The second-order valence-corrected chi connectivity index (χ2v) is 8.20. The van der Waals surface area contributed by atoms with Gasteiger partial charge >= 0.3 is 7.25 Å². The van der Waals surface area contributed by atoms with Gasteiger partial charge in [-0.2, -0.15) is 0 Å². The summed E-state index contributed by atoms with van der Waals surface area (Å²) in [4.78, 5) is 0. The quantitative estimate of drug-likeness (QED) is 0.383. The van der Waals surface area contributed by atoms with Crippen molar-refractivity contribution in [3.8, 4) is 0 Å². The average Bonchev–Trinajstić information content (AvgIpc) is 2.00. The molecule has 0 spiro atoms. The first kappa shape index (κ1) is 15.7. The second-order valence-electron chi connectivity index (χ2n) is 3.06. The van der Waals surface area contributed by atoms with Gasteiger partial charge in [-0.25, -0.2) is 0 Å². The third-order valence-electron chi connectivity index (χ3n) is 2.29. The van der Waals surface area contributed by atoms with E-state index in [4.69, 9.17) is 0 Å². The van der Waals surface area contributed by atoms with Gasteiger partial charge in [-0.3, -0.25) is 0 Å². The van der Waals surface area contributed by atoms with E-state index >= 15 is 0 Å². The molecular formula is C7H18BF4P. The van der Waals surface area contributed by atoms with Gasteiger partial charge in [-0.05, 0) is 20.8 Å². The normalized spacial score (nSPS) is 12.0. The summed E-state index contributed by atoms with van der Waals surface area (Å²) in [6.45, 7) is 9.43. The molecule has 0 atom stereocenters. The molecule has 0 bridgehead atoms. The van der Waals surface area contributed by atoms with Crippen LogP contribution in [0, 0.1) is 0 Å². The maximum Gasteiger partial charge on any atom is 0.673 e. The van der Waals surface area contributed by atoms with Crippen LogP contribution in [0.4, 0.5) is 17.3 Å². The fourth-order valence-corrected chi connectivity index (χ4v) is 2.01. The first-order chi connectivity index (χ1) is 5.68. The Hall–Kier alpha value is 0.215. The predicted octanol–water partition coefficient (Wildman–Crippen LogP) is 3.99. The molecular weight excluding hydrogens is 202 g/mol. The monoisotopic (exact) mass is 220 g/mol. The van der Waals surface area contributed by atoms with E-state index in [1.807, 2.05) is 0 Å². The van der Waals surface area contributed by atoms with Crippen LogP contribution in [0.15, 0.2) is 0 Å². The van der Waals surface area contributed by atoms with Gasteiger partial charge in [0.15, 0.2) is 0 Å². The molecule has 0 aromatic carbocycles. The fourth-order valence-electron chi connectivity index (χ4n) is 0.671. The van der Waals surface area contributed by atoms with Gasteiger partial charge in [0.25, 0.3) is 0 Å². The molecule has 0 amide bonds. The standard InChI is InChI=1S/C7H18P.BF4/c1-5-8(4,6-2)7-3;2-1(3,4)5/h5-7H2,1-4H3;/q+1;-1. The molecule has 0 unspecified atom stereocenters. The highest BCUT2D eigenvalue weighted by Gasteiger charge is 2.22. The minimum absolute atomic E-state index is 0.412. The van der Waals surface area contributed by atoms with Crippen LogP contribution in [0.3, 0.4) is 0 Å². The Morgan fingerprint density at radius 3 is 1.00 bits per heavy atom. The Morgan fingerprint density at radius 1 is 0.846 bits per heavy atom. The molecule has 13 heavy (non-hydrogen) atoms. The molecule has 82 valence electrons. The zero-order chi connectivity index (χ0) is 11.1. The predicted molar refractivity (Wildman–Crippen MR) is 54.7 cm³/mol. The number of hydrogen-bond donors (Lipinski definition) is 0. The molecule has 0 aliphatic heterocycles. The first-order valence-electron chi connectivity index (χ1n) is 4.39. The fraction of sp³-hybridized carbons (Fsp3) is 1.00. The summed E-state index contributed by atoms with van der Waals surface area (Å²) >= 11 is 0. The molecule has 0 aromatic heterocycles. The molecule has 0 saturated carbocycles. The van der Waals surface area contributed by atoms with E-state index in [1.54, 1.807) is 0 Å². The van der Waals surface area contributed by atoms with Crippen LogP contribution in [0.1, 0.15) is 20.8 Å². The van der Waals surface area contributed by atoms with Crippen LogP contribution in [0.5, 0.6) is 0 Å². The van der Waals surface area contributed by atoms with Crippen molar-refractivity contribution in [3.63, 3.8) is 0 Å². The third-order valence-corrected chi connectivity index (χ3v) is 6.87. The lowest BCUT2D eigenvalue weighted by atomic mass is 10.3. The third kappa shape index (κ3) is 15.0. The molecule has 0 aromatic rings. The highest BCUT2D eigenvalue weighted by atomic mass is 31.2. The highest BCUT2D eigenvalue weighted by Crippen LogP contribution is 2.53. The summed E-state index contributed by atoms with van der Waals surface area (Å²) < 4.78 is 39.0. The van der Waals surface area contributed by atoms with Crippen molar-refractivity contribution in [2.24, 2.45) is 0 Å². The Morgan fingerprint density at radius 2 is 1.00 bits per heavy atom. The van der Waals surface area contributed by atoms with Crippen molar-refractivity contribution in [2.45, 2.75) is 20.8 Å². The van der Waals surface area contributed by atoms with Crippen molar-refractivity contribution < 1.29 is 17.3 Å². The SMILES string of the molecule is CC[P+](C)(CC)CC.F[B-](F)(F)F. The summed E-state index contributed by atoms with van der Waals surface area (Å²) in [7, 11) is -6.41. The minimum atomic E-state index is -6.00. The zero-order valence-electron chi connectivity index (χ0n) is 8.66. The molecule has 0 nitrogen and oxygen atoms in total. The first-order valence-corrected chi connectivity index (χ1v) is 7.18. The van der Waals surface area contributed by atoms with Crippen molar-refractivity contribution in [1.82, 2.24) is 0 Å². The van der Waals surface area contributed by atoms with E-state index in [2.05, 4.69) is 27.4 Å². The molecule has 6 heteroatoms. The molecule has 0 N–H and O–H groups in total. The Kier molecular flexibility index (Phi) is 8.00. The van der Waals surface area contributed by atoms with Crippen LogP contribution >= 0.6 is 7.26 Å². The molecule has 0 fully saturated rings. The van der Waals surface area contributed by atoms with Gasteiger partial charge in [-0.15, -0.1) is 0 Å². The molecule has 0 aliphatic rings. The van der Waals surface area contributed by atoms with E-state index in [9.17, 15) is 17.3 Å². The van der Waals surface area contributed by atoms with Crippen LogP contribution in [0.2, 0.25) is 0 Å².